The van der Waals surface area contributed by atoms with Crippen LogP contribution in [0.2, 0.25) is 0 Å². The summed E-state index contributed by atoms with van der Waals surface area (Å²) in [6.07, 6.45) is 1.98. The van der Waals surface area contributed by atoms with Crippen LogP contribution in [0.5, 0.6) is 0 Å². The molecule has 2 saturated heterocycles. The highest BCUT2D eigenvalue weighted by Gasteiger charge is 2.47. The fourth-order valence-electron chi connectivity index (χ4n) is 2.37. The van der Waals surface area contributed by atoms with Crippen molar-refractivity contribution in [1.29, 1.82) is 0 Å². The molecule has 1 unspecified atom stereocenters. The van der Waals surface area contributed by atoms with Crippen molar-refractivity contribution >= 4 is 5.97 Å². The van der Waals surface area contributed by atoms with Crippen LogP contribution < -0.4 is 0 Å². The first-order valence-corrected chi connectivity index (χ1v) is 6.21. The van der Waals surface area contributed by atoms with Gasteiger partial charge in [0.15, 0.2) is 6.10 Å². The number of rotatable bonds is 0. The molecule has 98 valence electrons. The van der Waals surface area contributed by atoms with Gasteiger partial charge in [0.05, 0.1) is 13.0 Å². The van der Waals surface area contributed by atoms with E-state index in [0.717, 1.165) is 19.3 Å². The van der Waals surface area contributed by atoms with E-state index in [0.29, 0.717) is 19.8 Å². The molecule has 2 rings (SSSR count). The molecule has 0 radical (unpaired) electrons. The lowest BCUT2D eigenvalue weighted by atomic mass is 9.88. The number of esters is 1. The van der Waals surface area contributed by atoms with Crippen LogP contribution in [0.25, 0.3) is 0 Å². The first-order chi connectivity index (χ1) is 8.09. The SMILES string of the molecule is CC1(O)CC(=O)O[C@@H]2COCCCCCO[C@H]21. The van der Waals surface area contributed by atoms with E-state index in [1.807, 2.05) is 0 Å². The molecule has 0 aromatic heterocycles. The summed E-state index contributed by atoms with van der Waals surface area (Å²) in [6.45, 7) is 3.18. The van der Waals surface area contributed by atoms with Crippen LogP contribution >= 0.6 is 0 Å². The maximum Gasteiger partial charge on any atom is 0.309 e. The number of aliphatic hydroxyl groups is 1. The number of carbonyl (C=O) groups excluding carboxylic acids is 1. The van der Waals surface area contributed by atoms with E-state index in [1.165, 1.54) is 0 Å². The quantitative estimate of drug-likeness (QED) is 0.633. The van der Waals surface area contributed by atoms with Crippen molar-refractivity contribution in [3.8, 4) is 0 Å². The molecule has 0 aromatic rings. The van der Waals surface area contributed by atoms with Gasteiger partial charge in [0.1, 0.15) is 11.7 Å². The molecule has 17 heavy (non-hydrogen) atoms. The Morgan fingerprint density at radius 3 is 2.88 bits per heavy atom. The Kier molecular flexibility index (Phi) is 4.01. The van der Waals surface area contributed by atoms with Gasteiger partial charge in [-0.1, -0.05) is 0 Å². The molecule has 3 atom stereocenters. The monoisotopic (exact) mass is 244 g/mol. The Morgan fingerprint density at radius 1 is 1.29 bits per heavy atom. The van der Waals surface area contributed by atoms with Gasteiger partial charge >= 0.3 is 5.97 Å². The van der Waals surface area contributed by atoms with E-state index in [9.17, 15) is 9.90 Å². The van der Waals surface area contributed by atoms with E-state index in [4.69, 9.17) is 14.2 Å². The Bertz CT molecular complexity index is 276. The summed E-state index contributed by atoms with van der Waals surface area (Å²) < 4.78 is 16.3. The highest BCUT2D eigenvalue weighted by atomic mass is 16.6. The third-order valence-electron chi connectivity index (χ3n) is 3.25. The topological polar surface area (TPSA) is 65.0 Å². The minimum atomic E-state index is -1.16. The second-order valence-electron chi connectivity index (χ2n) is 4.99. The molecule has 2 aliphatic rings. The molecular weight excluding hydrogens is 224 g/mol. The minimum Gasteiger partial charge on any atom is -0.457 e. The average molecular weight is 244 g/mol. The molecule has 2 fully saturated rings. The molecule has 2 heterocycles. The van der Waals surface area contributed by atoms with Crippen molar-refractivity contribution in [2.45, 2.75) is 50.4 Å². The van der Waals surface area contributed by atoms with Gasteiger partial charge in [-0.05, 0) is 26.2 Å². The summed E-state index contributed by atoms with van der Waals surface area (Å²) in [4.78, 5) is 11.4. The highest BCUT2D eigenvalue weighted by molar-refractivity contribution is 5.72. The molecule has 5 nitrogen and oxygen atoms in total. The molecule has 0 aliphatic carbocycles. The number of hydrogen-bond donors (Lipinski definition) is 1. The van der Waals surface area contributed by atoms with Crippen molar-refractivity contribution in [3.63, 3.8) is 0 Å². The van der Waals surface area contributed by atoms with Crippen molar-refractivity contribution in [2.75, 3.05) is 19.8 Å². The third kappa shape index (κ3) is 3.18. The molecule has 5 heteroatoms. The van der Waals surface area contributed by atoms with Crippen molar-refractivity contribution in [2.24, 2.45) is 0 Å². The zero-order valence-electron chi connectivity index (χ0n) is 10.2. The molecule has 1 N–H and O–H groups in total. The molecule has 0 saturated carbocycles. The maximum atomic E-state index is 11.4. The summed E-state index contributed by atoms with van der Waals surface area (Å²) in [5.41, 5.74) is -1.16. The summed E-state index contributed by atoms with van der Waals surface area (Å²) >= 11 is 0. The smallest absolute Gasteiger partial charge is 0.309 e. The lowest BCUT2D eigenvalue weighted by Gasteiger charge is -2.41. The van der Waals surface area contributed by atoms with E-state index in [-0.39, 0.29) is 12.4 Å². The van der Waals surface area contributed by atoms with Crippen molar-refractivity contribution in [3.05, 3.63) is 0 Å². The molecular formula is C12H20O5. The normalized spacial score (nSPS) is 40.2. The van der Waals surface area contributed by atoms with E-state index in [2.05, 4.69) is 0 Å². The Labute approximate surface area is 101 Å². The van der Waals surface area contributed by atoms with E-state index >= 15 is 0 Å². The van der Waals surface area contributed by atoms with Crippen molar-refractivity contribution < 1.29 is 24.1 Å². The first-order valence-electron chi connectivity index (χ1n) is 6.21. The Hall–Kier alpha value is -0.650. The largest absolute Gasteiger partial charge is 0.457 e. The van der Waals surface area contributed by atoms with E-state index in [1.54, 1.807) is 6.92 Å². The van der Waals surface area contributed by atoms with Crippen LogP contribution in [-0.4, -0.2) is 48.7 Å². The van der Waals surface area contributed by atoms with Gasteiger partial charge in [-0.2, -0.15) is 0 Å². The zero-order valence-corrected chi connectivity index (χ0v) is 10.2. The number of carbonyl (C=O) groups is 1. The van der Waals surface area contributed by atoms with Crippen LogP contribution in [0.3, 0.4) is 0 Å². The van der Waals surface area contributed by atoms with Crippen LogP contribution in [0.4, 0.5) is 0 Å². The van der Waals surface area contributed by atoms with E-state index < -0.39 is 17.8 Å². The Morgan fingerprint density at radius 2 is 2.06 bits per heavy atom. The molecule has 0 spiro atoms. The van der Waals surface area contributed by atoms with Gasteiger partial charge in [-0.15, -0.1) is 0 Å². The summed E-state index contributed by atoms with van der Waals surface area (Å²) in [5, 5.41) is 10.2. The van der Waals surface area contributed by atoms with Crippen molar-refractivity contribution in [1.82, 2.24) is 0 Å². The lowest BCUT2D eigenvalue weighted by molar-refractivity contribution is -0.217. The molecule has 2 aliphatic heterocycles. The fourth-order valence-corrected chi connectivity index (χ4v) is 2.37. The molecule has 0 bridgehead atoms. The van der Waals surface area contributed by atoms with Gasteiger partial charge in [0.2, 0.25) is 0 Å². The van der Waals surface area contributed by atoms with Crippen LogP contribution in [0.1, 0.15) is 32.6 Å². The zero-order chi connectivity index (χ0) is 12.3. The van der Waals surface area contributed by atoms with Gasteiger partial charge in [-0.3, -0.25) is 4.79 Å². The van der Waals surface area contributed by atoms with Crippen LogP contribution in [0.15, 0.2) is 0 Å². The number of hydrogen-bond acceptors (Lipinski definition) is 5. The highest BCUT2D eigenvalue weighted by Crippen LogP contribution is 2.29. The summed E-state index contributed by atoms with van der Waals surface area (Å²) in [7, 11) is 0. The number of ether oxygens (including phenoxy) is 3. The summed E-state index contributed by atoms with van der Waals surface area (Å²) in [5.74, 6) is -0.388. The first kappa shape index (κ1) is 12.8. The second kappa shape index (κ2) is 5.33. The third-order valence-corrected chi connectivity index (χ3v) is 3.25. The van der Waals surface area contributed by atoms with Gasteiger partial charge < -0.3 is 19.3 Å². The standard InChI is InChI=1S/C12H20O5/c1-12(14)7-10(13)17-9-8-15-5-3-2-4-6-16-11(9)12/h9,11,14H,2-8H2,1H3/t9-,11-,12?/m1/s1. The number of fused-ring (bicyclic) bond motifs is 1. The van der Waals surface area contributed by atoms with Gasteiger partial charge in [-0.25, -0.2) is 0 Å². The minimum absolute atomic E-state index is 0.0197. The predicted octanol–water partition coefficient (Wildman–Crippen LogP) is 0.639. The predicted molar refractivity (Wildman–Crippen MR) is 59.5 cm³/mol. The molecule has 0 amide bonds. The Balaban J connectivity index is 2.07. The maximum absolute atomic E-state index is 11.4. The fraction of sp³-hybridized carbons (Fsp3) is 0.917. The van der Waals surface area contributed by atoms with Crippen LogP contribution in [0, 0.1) is 0 Å². The second-order valence-corrected chi connectivity index (χ2v) is 4.99. The van der Waals surface area contributed by atoms with Gasteiger partial charge in [0, 0.05) is 13.2 Å². The molecule has 0 aromatic carbocycles. The lowest BCUT2D eigenvalue weighted by Crippen LogP contribution is -2.57. The van der Waals surface area contributed by atoms with Gasteiger partial charge in [0.25, 0.3) is 0 Å². The van der Waals surface area contributed by atoms with Crippen LogP contribution in [-0.2, 0) is 19.0 Å². The average Bonchev–Trinajstić information content (AvgIpc) is 2.24. The summed E-state index contributed by atoms with van der Waals surface area (Å²) in [6, 6.07) is 0.